The van der Waals surface area contributed by atoms with E-state index in [1.54, 1.807) is 24.3 Å². The molecule has 148 valence electrons. The van der Waals surface area contributed by atoms with E-state index in [-0.39, 0.29) is 10.8 Å². The van der Waals surface area contributed by atoms with Crippen molar-refractivity contribution in [3.05, 3.63) is 67.8 Å². The maximum Gasteiger partial charge on any atom is 0.271 e. The van der Waals surface area contributed by atoms with Crippen molar-refractivity contribution in [3.8, 4) is 0 Å². The van der Waals surface area contributed by atoms with Crippen LogP contribution >= 0.6 is 69.6 Å². The number of halogens is 4. The van der Waals surface area contributed by atoms with E-state index in [4.69, 9.17) is 47.0 Å². The molecule has 1 atom stereocenters. The second-order valence-corrected chi connectivity index (χ2v) is 9.39. The Hall–Kier alpha value is -1.40. The molecule has 28 heavy (non-hydrogen) atoms. The van der Waals surface area contributed by atoms with Crippen LogP contribution in [0.2, 0.25) is 0 Å². The Bertz CT molecular complexity index is 911. The van der Waals surface area contributed by atoms with Crippen LogP contribution in [0, 0.1) is 13.7 Å². The van der Waals surface area contributed by atoms with Crippen LogP contribution in [0.3, 0.4) is 0 Å². The lowest BCUT2D eigenvalue weighted by atomic mass is 10.2. The highest BCUT2D eigenvalue weighted by Crippen LogP contribution is 2.29. The summed E-state index contributed by atoms with van der Waals surface area (Å²) in [4.78, 5) is 22.8. The first kappa shape index (κ1) is 22.9. The van der Waals surface area contributed by atoms with Gasteiger partial charge in [0.05, 0.1) is 4.92 Å². The number of carbonyl (C=O) groups is 1. The van der Waals surface area contributed by atoms with E-state index in [1.807, 2.05) is 6.07 Å². The fraction of sp³-hybridized carbons (Fsp3) is 0.125. The van der Waals surface area contributed by atoms with E-state index >= 15 is 0 Å². The first-order valence-electron chi connectivity index (χ1n) is 7.51. The number of nitro benzene ring substituents is 1. The summed E-state index contributed by atoms with van der Waals surface area (Å²) in [5.74, 6) is -0.472. The highest BCUT2D eigenvalue weighted by Gasteiger charge is 2.35. The first-order chi connectivity index (χ1) is 13.1. The normalized spacial score (nSPS) is 12.0. The van der Waals surface area contributed by atoms with Crippen molar-refractivity contribution < 1.29 is 9.72 Å². The second kappa shape index (κ2) is 9.88. The van der Waals surface area contributed by atoms with Crippen LogP contribution in [0.5, 0.6) is 0 Å². The monoisotopic (exact) mass is 572 g/mol. The van der Waals surface area contributed by atoms with Crippen LogP contribution in [-0.4, -0.2) is 25.9 Å². The van der Waals surface area contributed by atoms with Gasteiger partial charge in [-0.2, -0.15) is 0 Å². The van der Waals surface area contributed by atoms with Gasteiger partial charge in [0.25, 0.3) is 11.6 Å². The number of non-ortho nitro benzene ring substituents is 1. The maximum atomic E-state index is 12.4. The topological polar surface area (TPSA) is 96.3 Å². The molecule has 2 aromatic rings. The molecule has 7 nitrogen and oxygen atoms in total. The molecule has 1 amide bonds. The van der Waals surface area contributed by atoms with E-state index in [9.17, 15) is 14.9 Å². The van der Waals surface area contributed by atoms with Crippen LogP contribution in [0.4, 0.5) is 11.4 Å². The summed E-state index contributed by atoms with van der Waals surface area (Å²) in [6.07, 6.45) is -1.17. The van der Waals surface area contributed by atoms with Crippen LogP contribution in [0.25, 0.3) is 0 Å². The van der Waals surface area contributed by atoms with Gasteiger partial charge >= 0.3 is 0 Å². The van der Waals surface area contributed by atoms with Gasteiger partial charge < -0.3 is 16.0 Å². The Labute approximate surface area is 194 Å². The van der Waals surface area contributed by atoms with Crippen molar-refractivity contribution in [2.45, 2.75) is 9.96 Å². The number of alkyl halides is 3. The number of amides is 1. The molecule has 0 heterocycles. The molecular formula is C16H12Cl3IN4O3S. The van der Waals surface area contributed by atoms with Gasteiger partial charge in [-0.3, -0.25) is 14.9 Å². The summed E-state index contributed by atoms with van der Waals surface area (Å²) in [5, 5.41) is 18.9. The summed E-state index contributed by atoms with van der Waals surface area (Å²) in [6.45, 7) is 0. The quantitative estimate of drug-likeness (QED) is 0.121. The van der Waals surface area contributed by atoms with E-state index in [2.05, 4.69) is 38.5 Å². The van der Waals surface area contributed by atoms with Crippen molar-refractivity contribution in [3.63, 3.8) is 0 Å². The zero-order valence-electron chi connectivity index (χ0n) is 13.8. The SMILES string of the molecule is O=C(NC(NC(=S)Nc1cccc([N+](=O)[O-])c1)C(Cl)(Cl)Cl)c1cccc(I)c1. The minimum Gasteiger partial charge on any atom is -0.339 e. The number of hydrogen-bond acceptors (Lipinski definition) is 4. The van der Waals surface area contributed by atoms with Gasteiger partial charge in [0.2, 0.25) is 3.79 Å². The molecule has 0 radical (unpaired) electrons. The predicted octanol–water partition coefficient (Wildman–Crippen LogP) is 4.61. The number of rotatable bonds is 5. The third-order valence-corrected chi connectivity index (χ3v) is 4.83. The van der Waals surface area contributed by atoms with Crippen molar-refractivity contribution in [2.75, 3.05) is 5.32 Å². The number of nitro groups is 1. The van der Waals surface area contributed by atoms with E-state index < -0.39 is 20.8 Å². The van der Waals surface area contributed by atoms with Gasteiger partial charge in [0.15, 0.2) is 5.11 Å². The lowest BCUT2D eigenvalue weighted by Gasteiger charge is -2.27. The maximum absolute atomic E-state index is 12.4. The molecule has 12 heteroatoms. The minimum absolute atomic E-state index is 0.000217. The second-order valence-electron chi connectivity index (χ2n) is 5.36. The van der Waals surface area contributed by atoms with E-state index in [0.29, 0.717) is 11.3 Å². The highest BCUT2D eigenvalue weighted by molar-refractivity contribution is 14.1. The van der Waals surface area contributed by atoms with Crippen LogP contribution < -0.4 is 16.0 Å². The van der Waals surface area contributed by atoms with Crippen LogP contribution in [-0.2, 0) is 0 Å². The van der Waals surface area contributed by atoms with E-state index in [1.165, 1.54) is 18.2 Å². The van der Waals surface area contributed by atoms with Gasteiger partial charge in [-0.05, 0) is 59.1 Å². The number of carbonyl (C=O) groups excluding carboxylic acids is 1. The zero-order valence-corrected chi connectivity index (χ0v) is 19.0. The van der Waals surface area contributed by atoms with Crippen LogP contribution in [0.1, 0.15) is 10.4 Å². The summed E-state index contributed by atoms with van der Waals surface area (Å²) >= 11 is 25.1. The Morgan fingerprint density at radius 1 is 1.14 bits per heavy atom. The molecular weight excluding hydrogens is 562 g/mol. The van der Waals surface area contributed by atoms with Gasteiger partial charge in [-0.15, -0.1) is 0 Å². The average Bonchev–Trinajstić information content (AvgIpc) is 2.60. The Morgan fingerprint density at radius 3 is 2.43 bits per heavy atom. The number of nitrogens with zero attached hydrogens (tertiary/aromatic N) is 1. The molecule has 0 aliphatic heterocycles. The molecule has 0 aliphatic carbocycles. The summed E-state index contributed by atoms with van der Waals surface area (Å²) in [5.41, 5.74) is 0.627. The number of thiocarbonyl (C=S) groups is 1. The molecule has 0 spiro atoms. The number of anilines is 1. The number of hydrogen-bond donors (Lipinski definition) is 3. The summed E-state index contributed by atoms with van der Waals surface area (Å²) in [7, 11) is 0. The Balaban J connectivity index is 2.09. The van der Waals surface area contributed by atoms with Gasteiger partial charge in [-0.25, -0.2) is 0 Å². The minimum atomic E-state index is -1.92. The van der Waals surface area contributed by atoms with E-state index in [0.717, 1.165) is 3.57 Å². The third-order valence-electron chi connectivity index (χ3n) is 3.28. The molecule has 0 bridgehead atoms. The molecule has 1 unspecified atom stereocenters. The van der Waals surface area contributed by atoms with Crippen molar-refractivity contribution >= 4 is 92.0 Å². The number of benzene rings is 2. The average molecular weight is 574 g/mol. The molecule has 3 N–H and O–H groups in total. The molecule has 0 saturated carbocycles. The molecule has 0 fully saturated rings. The fourth-order valence-electron chi connectivity index (χ4n) is 2.04. The Kier molecular flexibility index (Phi) is 8.07. The smallest absolute Gasteiger partial charge is 0.271 e. The molecule has 0 saturated heterocycles. The van der Waals surface area contributed by atoms with Crippen LogP contribution in [0.15, 0.2) is 48.5 Å². The Morgan fingerprint density at radius 2 is 1.82 bits per heavy atom. The van der Waals surface area contributed by atoms with Gasteiger partial charge in [-0.1, -0.05) is 46.9 Å². The number of nitrogens with one attached hydrogen (secondary N) is 3. The summed E-state index contributed by atoms with van der Waals surface area (Å²) in [6, 6.07) is 12.6. The van der Waals surface area contributed by atoms with Crippen molar-refractivity contribution in [1.82, 2.24) is 10.6 Å². The van der Waals surface area contributed by atoms with Gasteiger partial charge in [0, 0.05) is 27.0 Å². The fourth-order valence-corrected chi connectivity index (χ4v) is 3.15. The standard InChI is InChI=1S/C16H12Cl3IN4O3S/c17-16(18,19)14(22-13(25)9-3-1-4-10(20)7-9)23-15(28)21-11-5-2-6-12(8-11)24(26)27/h1-8,14H,(H,22,25)(H2,21,23,28). The largest absolute Gasteiger partial charge is 0.339 e. The van der Waals surface area contributed by atoms with Gasteiger partial charge in [0.1, 0.15) is 6.17 Å². The highest BCUT2D eigenvalue weighted by atomic mass is 127. The lowest BCUT2D eigenvalue weighted by molar-refractivity contribution is -0.384. The lowest BCUT2D eigenvalue weighted by Crippen LogP contribution is -2.56. The molecule has 0 aliphatic rings. The first-order valence-corrected chi connectivity index (χ1v) is 10.1. The molecule has 0 aromatic heterocycles. The van der Waals surface area contributed by atoms with Crippen molar-refractivity contribution in [1.29, 1.82) is 0 Å². The molecule has 2 rings (SSSR count). The summed E-state index contributed by atoms with van der Waals surface area (Å²) < 4.78 is -1.06. The third kappa shape index (κ3) is 6.89. The molecule has 2 aromatic carbocycles. The van der Waals surface area contributed by atoms with Crippen molar-refractivity contribution in [2.24, 2.45) is 0 Å². The predicted molar refractivity (Wildman–Crippen MR) is 123 cm³/mol. The zero-order chi connectivity index (χ0) is 20.9.